The summed E-state index contributed by atoms with van der Waals surface area (Å²) >= 11 is 0. The number of piperidine rings is 1. The average molecular weight is 361 g/mol. The van der Waals surface area contributed by atoms with Crippen molar-refractivity contribution in [1.82, 2.24) is 15.2 Å². The van der Waals surface area contributed by atoms with E-state index in [9.17, 15) is 4.79 Å². The Morgan fingerprint density at radius 2 is 1.89 bits per heavy atom. The van der Waals surface area contributed by atoms with Gasteiger partial charge < -0.3 is 15.0 Å². The molecule has 1 aromatic heterocycles. The molecule has 0 bridgehead atoms. The Labute approximate surface area is 159 Å². The minimum absolute atomic E-state index is 0.0113. The molecule has 1 N–H and O–H groups in total. The van der Waals surface area contributed by atoms with Gasteiger partial charge in [-0.15, -0.1) is 0 Å². The molecule has 27 heavy (non-hydrogen) atoms. The van der Waals surface area contributed by atoms with E-state index < -0.39 is 0 Å². The van der Waals surface area contributed by atoms with Gasteiger partial charge in [-0.1, -0.05) is 42.5 Å². The third-order valence-electron chi connectivity index (χ3n) is 4.98. The SMILES string of the molecule is O=C(NCc1cccc2ccccc12)N1CCC(Oc2cccnc2)CC1. The molecule has 2 aromatic carbocycles. The van der Waals surface area contributed by atoms with E-state index in [1.165, 1.54) is 10.8 Å². The fourth-order valence-electron chi connectivity index (χ4n) is 3.52. The van der Waals surface area contributed by atoms with E-state index in [1.807, 2.05) is 35.2 Å². The largest absolute Gasteiger partial charge is 0.489 e. The van der Waals surface area contributed by atoms with Gasteiger partial charge >= 0.3 is 6.03 Å². The van der Waals surface area contributed by atoms with E-state index in [0.717, 1.165) is 24.2 Å². The zero-order valence-corrected chi connectivity index (χ0v) is 15.2. The molecule has 0 radical (unpaired) electrons. The Balaban J connectivity index is 1.29. The Morgan fingerprint density at radius 3 is 2.70 bits per heavy atom. The topological polar surface area (TPSA) is 54.5 Å². The standard InChI is InChI=1S/C22H23N3O2/c26-22(24-15-18-7-3-6-17-5-1-2-9-21(17)18)25-13-10-19(11-14-25)27-20-8-4-12-23-16-20/h1-9,12,16,19H,10-11,13-15H2,(H,24,26). The highest BCUT2D eigenvalue weighted by molar-refractivity contribution is 5.86. The molecule has 0 aliphatic carbocycles. The minimum atomic E-state index is -0.0113. The number of likely N-dealkylation sites (tertiary alicyclic amines) is 1. The molecule has 0 atom stereocenters. The number of benzene rings is 2. The number of nitrogens with zero attached hydrogens (tertiary/aromatic N) is 2. The maximum atomic E-state index is 12.5. The summed E-state index contributed by atoms with van der Waals surface area (Å²) in [6.07, 6.45) is 5.25. The summed E-state index contributed by atoms with van der Waals surface area (Å²) in [6, 6.07) is 18.2. The van der Waals surface area contributed by atoms with Crippen molar-refractivity contribution in [1.29, 1.82) is 0 Å². The predicted molar refractivity (Wildman–Crippen MR) is 106 cm³/mol. The number of fused-ring (bicyclic) bond motifs is 1. The highest BCUT2D eigenvalue weighted by Gasteiger charge is 2.23. The molecular weight excluding hydrogens is 338 g/mol. The molecule has 0 unspecified atom stereocenters. The first-order valence-corrected chi connectivity index (χ1v) is 9.36. The number of aromatic nitrogens is 1. The molecule has 5 nitrogen and oxygen atoms in total. The zero-order chi connectivity index (χ0) is 18.5. The van der Waals surface area contributed by atoms with Crippen LogP contribution in [-0.4, -0.2) is 35.1 Å². The van der Waals surface area contributed by atoms with Gasteiger partial charge in [-0.3, -0.25) is 4.98 Å². The van der Waals surface area contributed by atoms with Crippen molar-refractivity contribution >= 4 is 16.8 Å². The molecule has 1 aliphatic rings. The lowest BCUT2D eigenvalue weighted by Gasteiger charge is -2.32. The van der Waals surface area contributed by atoms with Gasteiger partial charge in [0.25, 0.3) is 0 Å². The molecule has 1 fully saturated rings. The van der Waals surface area contributed by atoms with Gasteiger partial charge in [-0.05, 0) is 28.5 Å². The Kier molecular flexibility index (Phi) is 5.19. The summed E-state index contributed by atoms with van der Waals surface area (Å²) in [7, 11) is 0. The first kappa shape index (κ1) is 17.3. The number of hydrogen-bond acceptors (Lipinski definition) is 3. The highest BCUT2D eigenvalue weighted by Crippen LogP contribution is 2.20. The molecule has 3 aromatic rings. The molecule has 1 aliphatic heterocycles. The van der Waals surface area contributed by atoms with Crippen molar-refractivity contribution in [2.45, 2.75) is 25.5 Å². The summed E-state index contributed by atoms with van der Waals surface area (Å²) in [4.78, 5) is 18.5. The number of amides is 2. The summed E-state index contributed by atoms with van der Waals surface area (Å²) in [5.41, 5.74) is 1.14. The van der Waals surface area contributed by atoms with Gasteiger partial charge in [-0.2, -0.15) is 0 Å². The van der Waals surface area contributed by atoms with Crippen LogP contribution in [0.5, 0.6) is 5.75 Å². The number of hydrogen-bond donors (Lipinski definition) is 1. The number of carbonyl (C=O) groups is 1. The third kappa shape index (κ3) is 4.19. The maximum Gasteiger partial charge on any atom is 0.317 e. The number of pyridine rings is 1. The molecule has 1 saturated heterocycles. The van der Waals surface area contributed by atoms with Gasteiger partial charge in [0.1, 0.15) is 11.9 Å². The predicted octanol–water partition coefficient (Wildman–Crippen LogP) is 3.99. The van der Waals surface area contributed by atoms with Crippen LogP contribution in [0.3, 0.4) is 0 Å². The second-order valence-electron chi connectivity index (χ2n) is 6.79. The van der Waals surface area contributed by atoms with Gasteiger partial charge in [0, 0.05) is 38.7 Å². The van der Waals surface area contributed by atoms with Crippen LogP contribution in [0.4, 0.5) is 4.79 Å². The van der Waals surface area contributed by atoms with Crippen molar-refractivity contribution < 1.29 is 9.53 Å². The monoisotopic (exact) mass is 361 g/mol. The molecular formula is C22H23N3O2. The number of ether oxygens (including phenoxy) is 1. The van der Waals surface area contributed by atoms with E-state index >= 15 is 0 Å². The molecule has 0 saturated carbocycles. The molecule has 2 heterocycles. The van der Waals surface area contributed by atoms with Crippen LogP contribution < -0.4 is 10.1 Å². The second-order valence-corrected chi connectivity index (χ2v) is 6.79. The number of carbonyl (C=O) groups excluding carboxylic acids is 1. The molecule has 4 rings (SSSR count). The number of urea groups is 1. The van der Waals surface area contributed by atoms with Crippen molar-refractivity contribution in [3.63, 3.8) is 0 Å². The summed E-state index contributed by atoms with van der Waals surface area (Å²) in [5.74, 6) is 0.788. The van der Waals surface area contributed by atoms with Crippen LogP contribution in [0.25, 0.3) is 10.8 Å². The van der Waals surface area contributed by atoms with Crippen LogP contribution in [0, 0.1) is 0 Å². The van der Waals surface area contributed by atoms with E-state index in [0.29, 0.717) is 19.6 Å². The lowest BCUT2D eigenvalue weighted by Crippen LogP contribution is -2.46. The van der Waals surface area contributed by atoms with Gasteiger partial charge in [-0.25, -0.2) is 4.79 Å². The van der Waals surface area contributed by atoms with Crippen molar-refractivity contribution in [3.05, 3.63) is 72.6 Å². The number of rotatable bonds is 4. The molecule has 5 heteroatoms. The fourth-order valence-corrected chi connectivity index (χ4v) is 3.52. The fraction of sp³-hybridized carbons (Fsp3) is 0.273. The van der Waals surface area contributed by atoms with Gasteiger partial charge in [0.05, 0.1) is 6.20 Å². The Morgan fingerprint density at radius 1 is 1.07 bits per heavy atom. The van der Waals surface area contributed by atoms with Gasteiger partial charge in [0.2, 0.25) is 0 Å². The average Bonchev–Trinajstić information content (AvgIpc) is 2.73. The van der Waals surface area contributed by atoms with Crippen LogP contribution in [0.15, 0.2) is 67.0 Å². The van der Waals surface area contributed by atoms with Crippen molar-refractivity contribution in [2.24, 2.45) is 0 Å². The normalized spacial score (nSPS) is 14.9. The summed E-state index contributed by atoms with van der Waals surface area (Å²) in [6.45, 7) is 1.94. The Hall–Kier alpha value is -3.08. The number of nitrogens with one attached hydrogen (secondary N) is 1. The molecule has 0 spiro atoms. The van der Waals surface area contributed by atoms with Crippen LogP contribution in [0.1, 0.15) is 18.4 Å². The smallest absolute Gasteiger partial charge is 0.317 e. The molecule has 138 valence electrons. The lowest BCUT2D eigenvalue weighted by atomic mass is 10.0. The zero-order valence-electron chi connectivity index (χ0n) is 15.2. The lowest BCUT2D eigenvalue weighted by molar-refractivity contribution is 0.110. The first-order chi connectivity index (χ1) is 13.3. The van der Waals surface area contributed by atoms with E-state index in [-0.39, 0.29) is 12.1 Å². The Bertz CT molecular complexity index is 900. The van der Waals surface area contributed by atoms with E-state index in [4.69, 9.17) is 4.74 Å². The van der Waals surface area contributed by atoms with Gasteiger partial charge in [0.15, 0.2) is 0 Å². The van der Waals surface area contributed by atoms with Crippen molar-refractivity contribution in [3.8, 4) is 5.75 Å². The third-order valence-corrected chi connectivity index (χ3v) is 4.98. The van der Waals surface area contributed by atoms with E-state index in [2.05, 4.69) is 34.6 Å². The second kappa shape index (κ2) is 8.08. The van der Waals surface area contributed by atoms with E-state index in [1.54, 1.807) is 12.4 Å². The highest BCUT2D eigenvalue weighted by atomic mass is 16.5. The maximum absolute atomic E-state index is 12.5. The van der Waals surface area contributed by atoms with Crippen LogP contribution in [-0.2, 0) is 6.54 Å². The van der Waals surface area contributed by atoms with Crippen LogP contribution >= 0.6 is 0 Å². The summed E-state index contributed by atoms with van der Waals surface area (Å²) < 4.78 is 5.94. The van der Waals surface area contributed by atoms with Crippen molar-refractivity contribution in [2.75, 3.05) is 13.1 Å². The quantitative estimate of drug-likeness (QED) is 0.764. The summed E-state index contributed by atoms with van der Waals surface area (Å²) in [5, 5.41) is 5.44. The van der Waals surface area contributed by atoms with Crippen LogP contribution in [0.2, 0.25) is 0 Å². The minimum Gasteiger partial charge on any atom is -0.489 e. The molecule has 2 amide bonds. The first-order valence-electron chi connectivity index (χ1n) is 9.36.